The van der Waals surface area contributed by atoms with Gasteiger partial charge in [0, 0.05) is 12.6 Å². The molecule has 1 rings (SSSR count). The molecule has 0 aliphatic heterocycles. The van der Waals surface area contributed by atoms with E-state index < -0.39 is 12.1 Å². The molecule has 6 nitrogen and oxygen atoms in total. The second-order valence-corrected chi connectivity index (χ2v) is 2.57. The third-order valence-corrected chi connectivity index (χ3v) is 1.24. The molecule has 0 aromatic carbocycles. The van der Waals surface area contributed by atoms with E-state index in [1.165, 1.54) is 12.3 Å². The van der Waals surface area contributed by atoms with Gasteiger partial charge in [-0.15, -0.1) is 0 Å². The minimum Gasteiger partial charge on any atom is -0.392 e. The van der Waals surface area contributed by atoms with E-state index in [2.05, 4.69) is 20.3 Å². The smallest absolute Gasteiger partial charge is 0.320 e. The van der Waals surface area contributed by atoms with Gasteiger partial charge in [0.25, 0.3) is 0 Å². The van der Waals surface area contributed by atoms with Gasteiger partial charge in [0.2, 0.25) is 0 Å². The number of carbonyl (C=O) groups is 1. The number of nitrogens with zero attached hydrogens (tertiary/aromatic N) is 1. The van der Waals surface area contributed by atoms with E-state index in [9.17, 15) is 4.79 Å². The molecule has 13 heavy (non-hydrogen) atoms. The summed E-state index contributed by atoms with van der Waals surface area (Å²) in [5, 5.41) is 17.2. The number of hydrogen-bond donors (Lipinski definition) is 3. The number of aromatic nitrogens is 1. The van der Waals surface area contributed by atoms with Gasteiger partial charge in [-0.3, -0.25) is 5.32 Å². The van der Waals surface area contributed by atoms with Gasteiger partial charge in [0.1, 0.15) is 6.26 Å². The number of carbonyl (C=O) groups excluding carboxylic acids is 1. The van der Waals surface area contributed by atoms with Gasteiger partial charge in [0.15, 0.2) is 5.82 Å². The molecule has 1 atom stereocenters. The molecule has 0 unspecified atom stereocenters. The maximum Gasteiger partial charge on any atom is 0.320 e. The number of hydrogen-bond acceptors (Lipinski definition) is 4. The Hall–Kier alpha value is -1.56. The second kappa shape index (κ2) is 4.46. The molecule has 1 aromatic heterocycles. The highest BCUT2D eigenvalue weighted by Gasteiger charge is 2.03. The molecule has 0 radical (unpaired) electrons. The lowest BCUT2D eigenvalue weighted by Gasteiger charge is -2.06. The first-order valence-electron chi connectivity index (χ1n) is 3.82. The highest BCUT2D eigenvalue weighted by molar-refractivity contribution is 5.87. The summed E-state index contributed by atoms with van der Waals surface area (Å²) >= 11 is 0. The van der Waals surface area contributed by atoms with Crippen molar-refractivity contribution in [3.05, 3.63) is 12.3 Å². The summed E-state index contributed by atoms with van der Waals surface area (Å²) in [6.45, 7) is 1.78. The van der Waals surface area contributed by atoms with Crippen molar-refractivity contribution >= 4 is 11.8 Å². The summed E-state index contributed by atoms with van der Waals surface area (Å²) in [5.74, 6) is 0.336. The van der Waals surface area contributed by atoms with E-state index in [1.54, 1.807) is 6.92 Å². The molecule has 3 N–H and O–H groups in total. The Kier molecular flexibility index (Phi) is 3.27. The topological polar surface area (TPSA) is 87.4 Å². The fourth-order valence-electron chi connectivity index (χ4n) is 0.678. The maximum absolute atomic E-state index is 11.0. The lowest BCUT2D eigenvalue weighted by Crippen LogP contribution is -2.34. The van der Waals surface area contributed by atoms with Crippen LogP contribution in [-0.4, -0.2) is 28.9 Å². The first-order chi connectivity index (χ1) is 6.18. The van der Waals surface area contributed by atoms with Crippen molar-refractivity contribution in [2.75, 3.05) is 11.9 Å². The van der Waals surface area contributed by atoms with Gasteiger partial charge in [-0.05, 0) is 6.92 Å². The third kappa shape index (κ3) is 3.57. The Bertz CT molecular complexity index is 258. The van der Waals surface area contributed by atoms with Gasteiger partial charge in [-0.2, -0.15) is 0 Å². The van der Waals surface area contributed by atoms with Crippen LogP contribution in [0.15, 0.2) is 16.9 Å². The molecule has 0 saturated carbocycles. The fraction of sp³-hybridized carbons (Fsp3) is 0.429. The fourth-order valence-corrected chi connectivity index (χ4v) is 0.678. The predicted molar refractivity (Wildman–Crippen MR) is 45.2 cm³/mol. The average molecular weight is 185 g/mol. The number of aliphatic hydroxyl groups is 1. The second-order valence-electron chi connectivity index (χ2n) is 2.57. The van der Waals surface area contributed by atoms with Gasteiger partial charge >= 0.3 is 6.03 Å². The molecule has 0 saturated heterocycles. The zero-order valence-electron chi connectivity index (χ0n) is 7.15. The largest absolute Gasteiger partial charge is 0.392 e. The zero-order chi connectivity index (χ0) is 9.68. The van der Waals surface area contributed by atoms with Crippen LogP contribution in [0.5, 0.6) is 0 Å². The summed E-state index contributed by atoms with van der Waals surface area (Å²) < 4.78 is 4.50. The lowest BCUT2D eigenvalue weighted by atomic mass is 10.4. The Morgan fingerprint density at radius 2 is 2.62 bits per heavy atom. The minimum atomic E-state index is -0.567. The van der Waals surface area contributed by atoms with Gasteiger partial charge in [0.05, 0.1) is 6.10 Å². The van der Waals surface area contributed by atoms with Crippen LogP contribution in [0, 0.1) is 0 Å². The Labute approximate surface area is 74.9 Å². The molecule has 1 aromatic rings. The van der Waals surface area contributed by atoms with Crippen LogP contribution in [-0.2, 0) is 0 Å². The van der Waals surface area contributed by atoms with Crippen LogP contribution in [0.25, 0.3) is 0 Å². The minimum absolute atomic E-state index is 0.198. The van der Waals surface area contributed by atoms with E-state index in [1.807, 2.05) is 0 Å². The third-order valence-electron chi connectivity index (χ3n) is 1.24. The van der Waals surface area contributed by atoms with Crippen LogP contribution >= 0.6 is 0 Å². The van der Waals surface area contributed by atoms with Gasteiger partial charge in [-0.25, -0.2) is 4.79 Å². The Morgan fingerprint density at radius 3 is 3.15 bits per heavy atom. The van der Waals surface area contributed by atoms with E-state index in [4.69, 9.17) is 5.11 Å². The van der Waals surface area contributed by atoms with E-state index in [0.29, 0.717) is 5.82 Å². The normalized spacial score (nSPS) is 12.2. The van der Waals surface area contributed by atoms with E-state index in [0.717, 1.165) is 0 Å². The first-order valence-corrected chi connectivity index (χ1v) is 3.82. The van der Waals surface area contributed by atoms with Crippen molar-refractivity contribution in [3.8, 4) is 0 Å². The van der Waals surface area contributed by atoms with Crippen LogP contribution in [0.3, 0.4) is 0 Å². The van der Waals surface area contributed by atoms with Crippen molar-refractivity contribution in [2.45, 2.75) is 13.0 Å². The van der Waals surface area contributed by atoms with E-state index in [-0.39, 0.29) is 6.54 Å². The molecule has 1 heterocycles. The molecule has 0 fully saturated rings. The zero-order valence-corrected chi connectivity index (χ0v) is 7.15. The lowest BCUT2D eigenvalue weighted by molar-refractivity contribution is 0.190. The quantitative estimate of drug-likeness (QED) is 0.626. The molecular formula is C7H11N3O3. The van der Waals surface area contributed by atoms with Crippen molar-refractivity contribution < 1.29 is 14.4 Å². The van der Waals surface area contributed by atoms with E-state index >= 15 is 0 Å². The average Bonchev–Trinajstić information content (AvgIpc) is 2.53. The molecule has 0 spiro atoms. The van der Waals surface area contributed by atoms with Crippen molar-refractivity contribution in [1.82, 2.24) is 10.5 Å². The highest BCUT2D eigenvalue weighted by atomic mass is 16.5. The van der Waals surface area contributed by atoms with Crippen molar-refractivity contribution in [1.29, 1.82) is 0 Å². The number of rotatable bonds is 3. The summed E-state index contributed by atoms with van der Waals surface area (Å²) in [7, 11) is 0. The van der Waals surface area contributed by atoms with Crippen molar-refractivity contribution in [3.63, 3.8) is 0 Å². The van der Waals surface area contributed by atoms with Gasteiger partial charge < -0.3 is 14.9 Å². The standard InChI is InChI=1S/C7H11N3O3/c1-5(11)4-8-7(12)9-6-2-3-13-10-6/h2-3,5,11H,4H2,1H3,(H2,8,9,10,12)/t5-/m0/s1. The number of aliphatic hydroxyl groups excluding tert-OH is 1. The maximum atomic E-state index is 11.0. The summed E-state index contributed by atoms with van der Waals surface area (Å²) in [5.41, 5.74) is 0. The number of urea groups is 1. The monoisotopic (exact) mass is 185 g/mol. The van der Waals surface area contributed by atoms with Crippen molar-refractivity contribution in [2.24, 2.45) is 0 Å². The van der Waals surface area contributed by atoms with Crippen LogP contribution < -0.4 is 10.6 Å². The van der Waals surface area contributed by atoms with Crippen LogP contribution in [0.2, 0.25) is 0 Å². The SMILES string of the molecule is C[C@H](O)CNC(=O)Nc1ccon1. The summed E-state index contributed by atoms with van der Waals surface area (Å²) in [4.78, 5) is 11.0. The Balaban J connectivity index is 2.26. The molecule has 0 bridgehead atoms. The number of nitrogens with one attached hydrogen (secondary N) is 2. The molecule has 0 aliphatic rings. The molecule has 72 valence electrons. The van der Waals surface area contributed by atoms with Gasteiger partial charge in [-0.1, -0.05) is 5.16 Å². The molecule has 6 heteroatoms. The summed E-state index contributed by atoms with van der Waals surface area (Å²) in [6.07, 6.45) is 0.785. The first kappa shape index (κ1) is 9.53. The highest BCUT2D eigenvalue weighted by Crippen LogP contribution is 1.99. The number of anilines is 1. The number of amides is 2. The van der Waals surface area contributed by atoms with Crippen LogP contribution in [0.4, 0.5) is 10.6 Å². The van der Waals surface area contributed by atoms with Crippen LogP contribution in [0.1, 0.15) is 6.92 Å². The Morgan fingerprint density at radius 1 is 1.85 bits per heavy atom. The predicted octanol–water partition coefficient (Wildman–Crippen LogP) is 0.177. The molecular weight excluding hydrogens is 174 g/mol. The summed E-state index contributed by atoms with van der Waals surface area (Å²) in [6, 6.07) is 1.09. The molecule has 2 amide bonds. The molecule has 0 aliphatic carbocycles.